The van der Waals surface area contributed by atoms with Crippen molar-refractivity contribution in [3.05, 3.63) is 0 Å². The first-order chi connectivity index (χ1) is 6.74. The van der Waals surface area contributed by atoms with Gasteiger partial charge in [0.15, 0.2) is 0 Å². The predicted octanol–water partition coefficient (Wildman–Crippen LogP) is 1.47. The number of ether oxygens (including phenoxy) is 1. The van der Waals surface area contributed by atoms with E-state index in [2.05, 4.69) is 12.2 Å². The van der Waals surface area contributed by atoms with E-state index in [9.17, 15) is 4.79 Å². The smallest absolute Gasteiger partial charge is 0.136 e. The maximum absolute atomic E-state index is 11.6. The fourth-order valence-corrected chi connectivity index (χ4v) is 2.68. The standard InChI is InChI=1S/C11H19NO2/c1-2-9-5-10(13)7-11(6-9)3-4-12-8-14-11/h9,12H,2-8H2,1H3. The van der Waals surface area contributed by atoms with Crippen molar-refractivity contribution in [1.82, 2.24) is 5.32 Å². The van der Waals surface area contributed by atoms with E-state index < -0.39 is 0 Å². The first-order valence-corrected chi connectivity index (χ1v) is 5.60. The minimum Gasteiger partial charge on any atom is -0.359 e. The predicted molar refractivity (Wildman–Crippen MR) is 53.9 cm³/mol. The van der Waals surface area contributed by atoms with Crippen LogP contribution in [-0.2, 0) is 9.53 Å². The van der Waals surface area contributed by atoms with E-state index in [1.165, 1.54) is 0 Å². The maximum Gasteiger partial charge on any atom is 0.136 e. The summed E-state index contributed by atoms with van der Waals surface area (Å²) < 4.78 is 5.78. The number of carbonyl (C=O) groups excluding carboxylic acids is 1. The van der Waals surface area contributed by atoms with Gasteiger partial charge < -0.3 is 4.74 Å². The van der Waals surface area contributed by atoms with E-state index in [0.717, 1.165) is 32.2 Å². The molecular weight excluding hydrogens is 178 g/mol. The zero-order valence-corrected chi connectivity index (χ0v) is 8.84. The van der Waals surface area contributed by atoms with E-state index in [4.69, 9.17) is 4.74 Å². The summed E-state index contributed by atoms with van der Waals surface area (Å²) in [6.45, 7) is 3.77. The molecule has 0 aromatic rings. The van der Waals surface area contributed by atoms with Crippen LogP contribution in [0.3, 0.4) is 0 Å². The van der Waals surface area contributed by atoms with Crippen molar-refractivity contribution in [3.63, 3.8) is 0 Å². The highest BCUT2D eigenvalue weighted by atomic mass is 16.5. The van der Waals surface area contributed by atoms with Crippen LogP contribution in [0, 0.1) is 5.92 Å². The number of ketones is 1. The fourth-order valence-electron chi connectivity index (χ4n) is 2.68. The van der Waals surface area contributed by atoms with Crippen LogP contribution < -0.4 is 5.32 Å². The average molecular weight is 197 g/mol. The summed E-state index contributed by atoms with van der Waals surface area (Å²) in [4.78, 5) is 11.6. The molecule has 2 unspecified atom stereocenters. The van der Waals surface area contributed by atoms with Crippen LogP contribution >= 0.6 is 0 Å². The Balaban J connectivity index is 2.05. The third kappa shape index (κ3) is 1.98. The molecule has 0 aromatic carbocycles. The van der Waals surface area contributed by atoms with Gasteiger partial charge >= 0.3 is 0 Å². The minimum absolute atomic E-state index is 0.110. The van der Waals surface area contributed by atoms with Crippen LogP contribution in [0.1, 0.15) is 39.0 Å². The molecule has 0 amide bonds. The monoisotopic (exact) mass is 197 g/mol. The van der Waals surface area contributed by atoms with Gasteiger partial charge in [0.05, 0.1) is 12.3 Å². The van der Waals surface area contributed by atoms with Crippen LogP contribution in [0.25, 0.3) is 0 Å². The molecule has 80 valence electrons. The lowest BCUT2D eigenvalue weighted by Gasteiger charge is -2.42. The summed E-state index contributed by atoms with van der Waals surface area (Å²) in [5.41, 5.74) is -0.110. The molecule has 0 radical (unpaired) electrons. The van der Waals surface area contributed by atoms with Gasteiger partial charge in [-0.15, -0.1) is 0 Å². The van der Waals surface area contributed by atoms with Crippen LogP contribution in [0.2, 0.25) is 0 Å². The molecule has 0 bridgehead atoms. The Morgan fingerprint density at radius 3 is 3.14 bits per heavy atom. The largest absolute Gasteiger partial charge is 0.359 e. The SMILES string of the molecule is CCC1CC(=O)CC2(CCNCO2)C1. The molecule has 1 aliphatic heterocycles. The van der Waals surface area contributed by atoms with Crippen molar-refractivity contribution in [2.75, 3.05) is 13.3 Å². The number of carbonyl (C=O) groups is 1. The van der Waals surface area contributed by atoms with Crippen LogP contribution in [0.4, 0.5) is 0 Å². The molecular formula is C11H19NO2. The zero-order chi connectivity index (χ0) is 10.0. The number of nitrogens with one attached hydrogen (secondary N) is 1. The van der Waals surface area contributed by atoms with Crippen molar-refractivity contribution in [3.8, 4) is 0 Å². The zero-order valence-electron chi connectivity index (χ0n) is 8.84. The highest BCUT2D eigenvalue weighted by Crippen LogP contribution is 2.38. The number of rotatable bonds is 1. The van der Waals surface area contributed by atoms with Crippen molar-refractivity contribution in [1.29, 1.82) is 0 Å². The molecule has 2 atom stereocenters. The Labute approximate surface area is 85.2 Å². The third-order valence-electron chi connectivity index (χ3n) is 3.51. The van der Waals surface area contributed by atoms with Crippen molar-refractivity contribution in [2.24, 2.45) is 5.92 Å². The Kier molecular flexibility index (Phi) is 2.88. The van der Waals surface area contributed by atoms with Gasteiger partial charge in [-0.25, -0.2) is 0 Å². The van der Waals surface area contributed by atoms with E-state index in [1.807, 2.05) is 0 Å². The Hall–Kier alpha value is -0.410. The highest BCUT2D eigenvalue weighted by molar-refractivity contribution is 5.80. The second-order valence-electron chi connectivity index (χ2n) is 4.62. The van der Waals surface area contributed by atoms with E-state index in [1.54, 1.807) is 0 Å². The molecule has 3 nitrogen and oxygen atoms in total. The Morgan fingerprint density at radius 1 is 1.64 bits per heavy atom. The van der Waals surface area contributed by atoms with Crippen LogP contribution in [-0.4, -0.2) is 24.7 Å². The summed E-state index contributed by atoms with van der Waals surface area (Å²) in [6, 6.07) is 0. The first-order valence-electron chi connectivity index (χ1n) is 5.60. The highest BCUT2D eigenvalue weighted by Gasteiger charge is 2.41. The van der Waals surface area contributed by atoms with Gasteiger partial charge in [0, 0.05) is 12.8 Å². The molecule has 0 aromatic heterocycles. The second-order valence-corrected chi connectivity index (χ2v) is 4.62. The lowest BCUT2D eigenvalue weighted by Crippen LogP contribution is -2.49. The summed E-state index contributed by atoms with van der Waals surface area (Å²) in [5.74, 6) is 0.944. The van der Waals surface area contributed by atoms with Crippen molar-refractivity contribution in [2.45, 2.75) is 44.6 Å². The van der Waals surface area contributed by atoms with Gasteiger partial charge in [-0.2, -0.15) is 0 Å². The van der Waals surface area contributed by atoms with Crippen LogP contribution in [0.5, 0.6) is 0 Å². The van der Waals surface area contributed by atoms with E-state index in [0.29, 0.717) is 24.9 Å². The molecule has 1 spiro atoms. The Morgan fingerprint density at radius 2 is 2.50 bits per heavy atom. The topological polar surface area (TPSA) is 38.3 Å². The number of hydrogen-bond donors (Lipinski definition) is 1. The first kappa shape index (κ1) is 10.1. The summed E-state index contributed by atoms with van der Waals surface area (Å²) >= 11 is 0. The average Bonchev–Trinajstić information content (AvgIpc) is 2.17. The molecule has 1 N–H and O–H groups in total. The lowest BCUT2D eigenvalue weighted by atomic mass is 9.74. The van der Waals surface area contributed by atoms with E-state index in [-0.39, 0.29) is 5.60 Å². The quantitative estimate of drug-likeness (QED) is 0.692. The van der Waals surface area contributed by atoms with Gasteiger partial charge in [0.1, 0.15) is 5.78 Å². The summed E-state index contributed by atoms with van der Waals surface area (Å²) in [7, 11) is 0. The van der Waals surface area contributed by atoms with Gasteiger partial charge in [-0.05, 0) is 25.3 Å². The molecule has 14 heavy (non-hydrogen) atoms. The van der Waals surface area contributed by atoms with Crippen molar-refractivity contribution < 1.29 is 9.53 Å². The molecule has 1 saturated heterocycles. The fraction of sp³-hybridized carbons (Fsp3) is 0.909. The molecule has 1 heterocycles. The number of Topliss-reactive ketones (excluding diaryl/α,β-unsaturated/α-hetero) is 1. The second kappa shape index (κ2) is 3.99. The van der Waals surface area contributed by atoms with Gasteiger partial charge in [0.25, 0.3) is 0 Å². The molecule has 2 aliphatic rings. The summed E-state index contributed by atoms with van der Waals surface area (Å²) in [5, 5.41) is 3.17. The van der Waals surface area contributed by atoms with E-state index >= 15 is 0 Å². The van der Waals surface area contributed by atoms with Gasteiger partial charge in [-0.3, -0.25) is 10.1 Å². The lowest BCUT2D eigenvalue weighted by molar-refractivity contribution is -0.146. The molecule has 1 aliphatic carbocycles. The van der Waals surface area contributed by atoms with Crippen molar-refractivity contribution >= 4 is 5.78 Å². The maximum atomic E-state index is 11.6. The molecule has 3 heteroatoms. The third-order valence-corrected chi connectivity index (χ3v) is 3.51. The summed E-state index contributed by atoms with van der Waals surface area (Å²) in [6.07, 6.45) is 4.59. The normalized spacial score (nSPS) is 38.9. The van der Waals surface area contributed by atoms with Gasteiger partial charge in [0.2, 0.25) is 0 Å². The Bertz CT molecular complexity index is 221. The van der Waals surface area contributed by atoms with Crippen LogP contribution in [0.15, 0.2) is 0 Å². The number of hydrogen-bond acceptors (Lipinski definition) is 3. The molecule has 2 rings (SSSR count). The molecule has 2 fully saturated rings. The molecule has 1 saturated carbocycles. The minimum atomic E-state index is -0.110. The van der Waals surface area contributed by atoms with Gasteiger partial charge in [-0.1, -0.05) is 13.3 Å².